The molecular weight excluding hydrogens is 214 g/mol. The van der Waals surface area contributed by atoms with Crippen LogP contribution in [-0.2, 0) is 6.54 Å². The quantitative estimate of drug-likeness (QED) is 0.796. The Balaban J connectivity index is 1.97. The highest BCUT2D eigenvalue weighted by Crippen LogP contribution is 2.31. The molecule has 0 atom stereocenters. The summed E-state index contributed by atoms with van der Waals surface area (Å²) in [6, 6.07) is 2.16. The average molecular weight is 225 g/mol. The lowest BCUT2D eigenvalue weighted by Crippen LogP contribution is -2.00. The van der Waals surface area contributed by atoms with Crippen molar-refractivity contribution in [3.63, 3.8) is 0 Å². The van der Waals surface area contributed by atoms with Crippen LogP contribution >= 0.6 is 0 Å². The van der Waals surface area contributed by atoms with Crippen LogP contribution in [0.3, 0.4) is 0 Å². The van der Waals surface area contributed by atoms with Gasteiger partial charge < -0.3 is 0 Å². The van der Waals surface area contributed by atoms with Gasteiger partial charge in [-0.25, -0.2) is 0 Å². The Morgan fingerprint density at radius 3 is 2.94 bits per heavy atom. The Morgan fingerprint density at radius 2 is 2.29 bits per heavy atom. The van der Waals surface area contributed by atoms with Crippen molar-refractivity contribution in [2.75, 3.05) is 0 Å². The highest BCUT2D eigenvalue weighted by molar-refractivity contribution is 5.61. The van der Waals surface area contributed by atoms with Crippen LogP contribution in [0.4, 0.5) is 0 Å². The first-order valence-electron chi connectivity index (χ1n) is 5.61. The number of nitrogens with zero attached hydrogens (tertiary/aromatic N) is 5. The van der Waals surface area contributed by atoms with E-state index < -0.39 is 0 Å². The molecule has 5 heteroatoms. The maximum atomic E-state index is 9.09. The molecule has 5 nitrogen and oxygen atoms in total. The summed E-state index contributed by atoms with van der Waals surface area (Å²) in [5, 5.41) is 13.5. The van der Waals surface area contributed by atoms with Gasteiger partial charge in [-0.1, -0.05) is 0 Å². The summed E-state index contributed by atoms with van der Waals surface area (Å²) in [4.78, 5) is 8.17. The highest BCUT2D eigenvalue weighted by Gasteiger charge is 2.23. The summed E-state index contributed by atoms with van der Waals surface area (Å²) in [6.45, 7) is 0.898. The first-order valence-corrected chi connectivity index (χ1v) is 5.61. The number of aromatic nitrogens is 4. The normalized spacial score (nSPS) is 14.5. The molecule has 0 aliphatic heterocycles. The molecule has 0 N–H and O–H groups in total. The van der Waals surface area contributed by atoms with Gasteiger partial charge in [0.25, 0.3) is 0 Å². The number of hydrogen-bond donors (Lipinski definition) is 0. The van der Waals surface area contributed by atoms with Gasteiger partial charge in [-0.2, -0.15) is 10.4 Å². The van der Waals surface area contributed by atoms with Gasteiger partial charge in [-0.15, -0.1) is 0 Å². The van der Waals surface area contributed by atoms with E-state index >= 15 is 0 Å². The van der Waals surface area contributed by atoms with E-state index in [4.69, 9.17) is 5.26 Å². The van der Waals surface area contributed by atoms with Crippen LogP contribution in [0.1, 0.15) is 18.4 Å². The molecule has 1 aliphatic carbocycles. The molecule has 84 valence electrons. The zero-order valence-electron chi connectivity index (χ0n) is 9.24. The van der Waals surface area contributed by atoms with Gasteiger partial charge >= 0.3 is 0 Å². The summed E-state index contributed by atoms with van der Waals surface area (Å²) < 4.78 is 1.85. The lowest BCUT2D eigenvalue weighted by Gasteiger charge is -1.97. The fourth-order valence-electron chi connectivity index (χ4n) is 1.77. The number of nitriles is 1. The van der Waals surface area contributed by atoms with E-state index in [1.807, 2.05) is 4.68 Å². The summed E-state index contributed by atoms with van der Waals surface area (Å²) in [6.07, 6.45) is 9.17. The van der Waals surface area contributed by atoms with E-state index in [0.717, 1.165) is 12.5 Å². The van der Waals surface area contributed by atoms with Gasteiger partial charge in [0.1, 0.15) is 17.5 Å². The molecule has 0 aromatic carbocycles. The largest absolute Gasteiger partial charge is 0.270 e. The number of rotatable bonds is 3. The summed E-state index contributed by atoms with van der Waals surface area (Å²) in [5.41, 5.74) is 1.84. The highest BCUT2D eigenvalue weighted by atomic mass is 15.3. The number of hydrogen-bond acceptors (Lipinski definition) is 4. The molecule has 2 aromatic rings. The zero-order valence-corrected chi connectivity index (χ0v) is 9.24. The van der Waals surface area contributed by atoms with Crippen molar-refractivity contribution in [2.45, 2.75) is 19.4 Å². The van der Waals surface area contributed by atoms with Crippen LogP contribution in [0.15, 0.2) is 24.8 Å². The molecule has 0 spiro atoms. The van der Waals surface area contributed by atoms with Gasteiger partial charge in [0, 0.05) is 25.1 Å². The second-order valence-corrected chi connectivity index (χ2v) is 4.26. The monoisotopic (exact) mass is 225 g/mol. The van der Waals surface area contributed by atoms with Crippen molar-refractivity contribution in [2.24, 2.45) is 5.92 Å². The minimum atomic E-state index is 0.561. The fourth-order valence-corrected chi connectivity index (χ4v) is 1.77. The molecule has 17 heavy (non-hydrogen) atoms. The maximum absolute atomic E-state index is 9.09. The van der Waals surface area contributed by atoms with Crippen molar-refractivity contribution in [3.05, 3.63) is 30.4 Å². The third kappa shape index (κ3) is 2.02. The predicted octanol–water partition coefficient (Wildman–Crippen LogP) is 1.62. The van der Waals surface area contributed by atoms with Crippen molar-refractivity contribution < 1.29 is 0 Å². The third-order valence-electron chi connectivity index (χ3n) is 2.83. The lowest BCUT2D eigenvalue weighted by atomic mass is 10.2. The van der Waals surface area contributed by atoms with Crippen molar-refractivity contribution >= 4 is 0 Å². The van der Waals surface area contributed by atoms with Gasteiger partial charge in [0.05, 0.1) is 11.8 Å². The first kappa shape index (κ1) is 9.97. The second-order valence-electron chi connectivity index (χ2n) is 4.26. The van der Waals surface area contributed by atoms with Gasteiger partial charge in [-0.05, 0) is 18.8 Å². The van der Waals surface area contributed by atoms with Crippen LogP contribution in [0.2, 0.25) is 0 Å². The average Bonchev–Trinajstić information content (AvgIpc) is 3.08. The Hall–Kier alpha value is -2.22. The molecule has 3 rings (SSSR count). The van der Waals surface area contributed by atoms with Crippen molar-refractivity contribution in [3.8, 4) is 17.5 Å². The lowest BCUT2D eigenvalue weighted by molar-refractivity contribution is 0.564. The fraction of sp³-hybridized carbons (Fsp3) is 0.333. The molecule has 0 saturated heterocycles. The Bertz CT molecular complexity index is 562. The minimum Gasteiger partial charge on any atom is -0.270 e. The standard InChI is InChI=1S/C12H11N5/c13-5-10-8-17(7-9-1-2-9)16-12(10)11-6-14-3-4-15-11/h3-4,6,8-9H,1-2,7H2. The van der Waals surface area contributed by atoms with Gasteiger partial charge in [-0.3, -0.25) is 14.6 Å². The van der Waals surface area contributed by atoms with Crippen LogP contribution in [0.25, 0.3) is 11.4 Å². The maximum Gasteiger partial charge on any atom is 0.130 e. The molecule has 1 aliphatic rings. The molecule has 2 aromatic heterocycles. The zero-order chi connectivity index (χ0) is 11.7. The minimum absolute atomic E-state index is 0.561. The van der Waals surface area contributed by atoms with Gasteiger partial charge in [0.2, 0.25) is 0 Å². The van der Waals surface area contributed by atoms with Crippen LogP contribution in [0.5, 0.6) is 0 Å². The second kappa shape index (κ2) is 3.98. The van der Waals surface area contributed by atoms with E-state index in [1.165, 1.54) is 12.8 Å². The van der Waals surface area contributed by atoms with E-state index in [-0.39, 0.29) is 0 Å². The molecule has 1 saturated carbocycles. The molecule has 1 fully saturated rings. The summed E-state index contributed by atoms with van der Waals surface area (Å²) in [7, 11) is 0. The van der Waals surface area contributed by atoms with Crippen LogP contribution in [-0.4, -0.2) is 19.7 Å². The molecular formula is C12H11N5. The Morgan fingerprint density at radius 1 is 1.41 bits per heavy atom. The van der Waals surface area contributed by atoms with E-state index in [1.54, 1.807) is 24.8 Å². The van der Waals surface area contributed by atoms with Crippen molar-refractivity contribution in [1.29, 1.82) is 5.26 Å². The van der Waals surface area contributed by atoms with E-state index in [0.29, 0.717) is 17.0 Å². The van der Waals surface area contributed by atoms with Crippen LogP contribution < -0.4 is 0 Å². The van der Waals surface area contributed by atoms with Crippen molar-refractivity contribution in [1.82, 2.24) is 19.7 Å². The summed E-state index contributed by atoms with van der Waals surface area (Å²) in [5.74, 6) is 0.733. The Kier molecular flexibility index (Phi) is 2.33. The van der Waals surface area contributed by atoms with E-state index in [9.17, 15) is 0 Å². The van der Waals surface area contributed by atoms with Gasteiger partial charge in [0.15, 0.2) is 0 Å². The third-order valence-corrected chi connectivity index (χ3v) is 2.83. The molecule has 0 unspecified atom stereocenters. The first-order chi connectivity index (χ1) is 8.36. The molecule has 2 heterocycles. The SMILES string of the molecule is N#Cc1cn(CC2CC2)nc1-c1cnccn1. The molecule has 0 amide bonds. The smallest absolute Gasteiger partial charge is 0.130 e. The van der Waals surface area contributed by atoms with Crippen LogP contribution in [0, 0.1) is 17.2 Å². The summed E-state index contributed by atoms with van der Waals surface area (Å²) >= 11 is 0. The van der Waals surface area contributed by atoms with E-state index in [2.05, 4.69) is 21.1 Å². The Labute approximate surface area is 98.7 Å². The predicted molar refractivity (Wildman–Crippen MR) is 60.7 cm³/mol. The molecule has 0 bridgehead atoms. The molecule has 0 radical (unpaired) electrons. The topological polar surface area (TPSA) is 67.4 Å².